The molecule has 0 aromatic carbocycles. The van der Waals surface area contributed by atoms with Crippen LogP contribution in [0.4, 0.5) is 0 Å². The molecule has 2 nitrogen and oxygen atoms in total. The maximum atomic E-state index is 5.75. The van der Waals surface area contributed by atoms with Gasteiger partial charge in [0.05, 0.1) is 12.9 Å². The molecule has 2 N–H and O–H groups in total. The summed E-state index contributed by atoms with van der Waals surface area (Å²) in [5, 5.41) is 0. The molecule has 2 atom stereocenters. The predicted molar refractivity (Wildman–Crippen MR) is 36.8 cm³/mol. The van der Waals surface area contributed by atoms with E-state index in [2.05, 4.69) is 6.92 Å². The van der Waals surface area contributed by atoms with E-state index in [1.165, 1.54) is 0 Å². The van der Waals surface area contributed by atoms with E-state index in [0.717, 1.165) is 13.0 Å². The lowest BCUT2D eigenvalue weighted by molar-refractivity contribution is 0.234. The van der Waals surface area contributed by atoms with Crippen molar-refractivity contribution in [1.29, 1.82) is 0 Å². The minimum Gasteiger partial charge on any atom is -0.501 e. The summed E-state index contributed by atoms with van der Waals surface area (Å²) in [7, 11) is 0. The highest BCUT2D eigenvalue weighted by Crippen LogP contribution is 2.12. The first-order valence-corrected chi connectivity index (χ1v) is 3.38. The fourth-order valence-electron chi connectivity index (χ4n) is 0.948. The van der Waals surface area contributed by atoms with Crippen molar-refractivity contribution in [3.05, 3.63) is 12.3 Å². The van der Waals surface area contributed by atoms with Gasteiger partial charge in [-0.1, -0.05) is 6.92 Å². The van der Waals surface area contributed by atoms with Gasteiger partial charge in [-0.25, -0.2) is 0 Å². The molecular formula is C7H13NO. The van der Waals surface area contributed by atoms with Gasteiger partial charge >= 0.3 is 0 Å². The smallest absolute Gasteiger partial charge is 0.0951 e. The molecule has 0 amide bonds. The van der Waals surface area contributed by atoms with Gasteiger partial charge in [0.15, 0.2) is 0 Å². The number of hydrogen-bond donors (Lipinski definition) is 1. The van der Waals surface area contributed by atoms with Crippen LogP contribution < -0.4 is 5.73 Å². The van der Waals surface area contributed by atoms with Gasteiger partial charge in [0.2, 0.25) is 0 Å². The first kappa shape index (κ1) is 6.62. The van der Waals surface area contributed by atoms with Crippen LogP contribution in [0.1, 0.15) is 13.3 Å². The van der Waals surface area contributed by atoms with Crippen LogP contribution in [0.2, 0.25) is 0 Å². The first-order chi connectivity index (χ1) is 4.34. The SMILES string of the molecule is CCC(N)C1C=COC1. The van der Waals surface area contributed by atoms with Crippen LogP contribution in [0, 0.1) is 5.92 Å². The molecule has 1 aliphatic heterocycles. The van der Waals surface area contributed by atoms with Gasteiger partial charge in [-0.15, -0.1) is 0 Å². The Hall–Kier alpha value is -0.500. The third kappa shape index (κ3) is 1.45. The summed E-state index contributed by atoms with van der Waals surface area (Å²) < 4.78 is 5.02. The zero-order valence-electron chi connectivity index (χ0n) is 5.71. The summed E-state index contributed by atoms with van der Waals surface area (Å²) in [6, 6.07) is 0.281. The second-order valence-electron chi connectivity index (χ2n) is 2.40. The van der Waals surface area contributed by atoms with E-state index in [4.69, 9.17) is 10.5 Å². The van der Waals surface area contributed by atoms with E-state index in [1.807, 2.05) is 6.08 Å². The minimum absolute atomic E-state index is 0.281. The lowest BCUT2D eigenvalue weighted by Crippen LogP contribution is -2.28. The van der Waals surface area contributed by atoms with Crippen LogP contribution >= 0.6 is 0 Å². The fraction of sp³-hybridized carbons (Fsp3) is 0.714. The quantitative estimate of drug-likeness (QED) is 0.597. The number of rotatable bonds is 2. The zero-order chi connectivity index (χ0) is 6.69. The van der Waals surface area contributed by atoms with Gasteiger partial charge in [-0.2, -0.15) is 0 Å². The maximum absolute atomic E-state index is 5.75. The monoisotopic (exact) mass is 127 g/mol. The Morgan fingerprint density at radius 3 is 3.11 bits per heavy atom. The van der Waals surface area contributed by atoms with Crippen LogP contribution in [0.15, 0.2) is 12.3 Å². The van der Waals surface area contributed by atoms with Crippen molar-refractivity contribution in [3.63, 3.8) is 0 Å². The first-order valence-electron chi connectivity index (χ1n) is 3.38. The largest absolute Gasteiger partial charge is 0.501 e. The topological polar surface area (TPSA) is 35.2 Å². The highest BCUT2D eigenvalue weighted by molar-refractivity contribution is 4.94. The lowest BCUT2D eigenvalue weighted by Gasteiger charge is -2.12. The molecule has 52 valence electrons. The van der Waals surface area contributed by atoms with Crippen LogP contribution in [0.25, 0.3) is 0 Å². The molecule has 9 heavy (non-hydrogen) atoms. The number of ether oxygens (including phenoxy) is 1. The van der Waals surface area contributed by atoms with Gasteiger partial charge < -0.3 is 10.5 Å². The van der Waals surface area contributed by atoms with Crippen molar-refractivity contribution >= 4 is 0 Å². The van der Waals surface area contributed by atoms with Crippen molar-refractivity contribution in [3.8, 4) is 0 Å². The van der Waals surface area contributed by atoms with Crippen molar-refractivity contribution in [2.75, 3.05) is 6.61 Å². The second-order valence-corrected chi connectivity index (χ2v) is 2.40. The average molecular weight is 127 g/mol. The van der Waals surface area contributed by atoms with Gasteiger partial charge in [-0.3, -0.25) is 0 Å². The van der Waals surface area contributed by atoms with Gasteiger partial charge in [0.1, 0.15) is 0 Å². The minimum atomic E-state index is 0.281. The molecule has 2 unspecified atom stereocenters. The average Bonchev–Trinajstić information content (AvgIpc) is 2.37. The maximum Gasteiger partial charge on any atom is 0.0951 e. The van der Waals surface area contributed by atoms with Gasteiger partial charge in [0.25, 0.3) is 0 Å². The Bertz CT molecular complexity index is 111. The van der Waals surface area contributed by atoms with Gasteiger partial charge in [-0.05, 0) is 12.5 Å². The Morgan fingerprint density at radius 1 is 1.89 bits per heavy atom. The van der Waals surface area contributed by atoms with Crippen molar-refractivity contribution in [1.82, 2.24) is 0 Å². The van der Waals surface area contributed by atoms with E-state index < -0.39 is 0 Å². The molecule has 2 heteroatoms. The molecule has 0 saturated heterocycles. The highest BCUT2D eigenvalue weighted by Gasteiger charge is 2.16. The lowest BCUT2D eigenvalue weighted by atomic mass is 10.0. The molecule has 0 fully saturated rings. The van der Waals surface area contributed by atoms with Crippen LogP contribution in [0.3, 0.4) is 0 Å². The normalized spacial score (nSPS) is 28.0. The summed E-state index contributed by atoms with van der Waals surface area (Å²) >= 11 is 0. The third-order valence-electron chi connectivity index (χ3n) is 1.73. The van der Waals surface area contributed by atoms with Crippen LogP contribution in [0.5, 0.6) is 0 Å². The van der Waals surface area contributed by atoms with E-state index >= 15 is 0 Å². The zero-order valence-corrected chi connectivity index (χ0v) is 5.71. The fourth-order valence-corrected chi connectivity index (χ4v) is 0.948. The van der Waals surface area contributed by atoms with E-state index in [1.54, 1.807) is 6.26 Å². The summed E-state index contributed by atoms with van der Waals surface area (Å²) in [6.07, 6.45) is 4.80. The number of hydrogen-bond acceptors (Lipinski definition) is 2. The highest BCUT2D eigenvalue weighted by atomic mass is 16.5. The van der Waals surface area contributed by atoms with Crippen LogP contribution in [-0.2, 0) is 4.74 Å². The Balaban J connectivity index is 2.33. The molecule has 0 spiro atoms. The number of nitrogens with two attached hydrogens (primary N) is 1. The third-order valence-corrected chi connectivity index (χ3v) is 1.73. The molecule has 0 radical (unpaired) electrons. The molecule has 1 heterocycles. The summed E-state index contributed by atoms with van der Waals surface area (Å²) in [5.41, 5.74) is 5.75. The molecule has 0 saturated carbocycles. The standard InChI is InChI=1S/C7H13NO/c1-2-7(8)6-3-4-9-5-6/h3-4,6-7H,2,5,8H2,1H3. The molecule has 0 aromatic rings. The molecule has 0 bridgehead atoms. The van der Waals surface area contributed by atoms with Crippen molar-refractivity contribution in [2.45, 2.75) is 19.4 Å². The van der Waals surface area contributed by atoms with Crippen LogP contribution in [-0.4, -0.2) is 12.6 Å². The molecule has 0 aliphatic carbocycles. The summed E-state index contributed by atoms with van der Waals surface area (Å²) in [5.74, 6) is 0.454. The van der Waals surface area contributed by atoms with Crippen molar-refractivity contribution < 1.29 is 4.74 Å². The molecular weight excluding hydrogens is 114 g/mol. The van der Waals surface area contributed by atoms with E-state index in [9.17, 15) is 0 Å². The van der Waals surface area contributed by atoms with Crippen molar-refractivity contribution in [2.24, 2.45) is 11.7 Å². The molecule has 1 aliphatic rings. The van der Waals surface area contributed by atoms with Gasteiger partial charge in [0, 0.05) is 12.0 Å². The van der Waals surface area contributed by atoms with E-state index in [0.29, 0.717) is 5.92 Å². The predicted octanol–water partition coefficient (Wildman–Crippen LogP) is 0.884. The Labute approximate surface area is 55.7 Å². The molecule has 0 aromatic heterocycles. The molecule has 1 rings (SSSR count). The summed E-state index contributed by atoms with van der Waals surface area (Å²) in [4.78, 5) is 0. The second kappa shape index (κ2) is 2.87. The Morgan fingerprint density at radius 2 is 2.67 bits per heavy atom. The Kier molecular flexibility index (Phi) is 2.11. The summed E-state index contributed by atoms with van der Waals surface area (Å²) in [6.45, 7) is 2.87. The van der Waals surface area contributed by atoms with E-state index in [-0.39, 0.29) is 6.04 Å².